The Morgan fingerprint density at radius 1 is 1.20 bits per heavy atom. The molecule has 1 aliphatic carbocycles. The summed E-state index contributed by atoms with van der Waals surface area (Å²) in [7, 11) is 3.15. The lowest BCUT2D eigenvalue weighted by Gasteiger charge is -2.33. The van der Waals surface area contributed by atoms with Crippen LogP contribution in [0, 0.1) is 0 Å². The molecular weight excluding hydrogens is 200 g/mol. The highest BCUT2D eigenvalue weighted by Crippen LogP contribution is 2.21. The van der Waals surface area contributed by atoms with Crippen molar-refractivity contribution >= 4 is 5.78 Å². The molecule has 5 nitrogen and oxygen atoms in total. The van der Waals surface area contributed by atoms with E-state index in [-0.39, 0.29) is 18.0 Å². The van der Waals surface area contributed by atoms with E-state index in [1.54, 1.807) is 7.11 Å². The molecule has 1 fully saturated rings. The maximum Gasteiger partial charge on any atom is 0.166 e. The minimum Gasteiger partial charge on any atom is -0.382 e. The van der Waals surface area contributed by atoms with E-state index in [1.165, 1.54) is 7.11 Å². The molecule has 0 spiro atoms. The van der Waals surface area contributed by atoms with Gasteiger partial charge in [-0.25, -0.2) is 0 Å². The van der Waals surface area contributed by atoms with Crippen LogP contribution in [-0.4, -0.2) is 58.6 Å². The van der Waals surface area contributed by atoms with Gasteiger partial charge < -0.3 is 18.9 Å². The Labute approximate surface area is 89.6 Å². The van der Waals surface area contributed by atoms with Gasteiger partial charge in [0.1, 0.15) is 6.10 Å². The van der Waals surface area contributed by atoms with Crippen LogP contribution in [0.1, 0.15) is 6.42 Å². The lowest BCUT2D eigenvalue weighted by molar-refractivity contribution is -0.163. The quantitative estimate of drug-likeness (QED) is 0.538. The van der Waals surface area contributed by atoms with Crippen LogP contribution in [0.25, 0.3) is 0 Å². The summed E-state index contributed by atoms with van der Waals surface area (Å²) < 4.78 is 20.4. The summed E-state index contributed by atoms with van der Waals surface area (Å²) in [6.07, 6.45) is -0.00571. The van der Waals surface area contributed by atoms with Crippen molar-refractivity contribution in [1.82, 2.24) is 0 Å². The van der Waals surface area contributed by atoms with E-state index in [0.29, 0.717) is 32.8 Å². The second-order valence-corrected chi connectivity index (χ2v) is 3.34. The zero-order chi connectivity index (χ0) is 11.1. The van der Waals surface area contributed by atoms with Gasteiger partial charge in [-0.3, -0.25) is 4.79 Å². The van der Waals surface area contributed by atoms with E-state index in [1.807, 2.05) is 0 Å². The van der Waals surface area contributed by atoms with Crippen LogP contribution in [0.3, 0.4) is 0 Å². The third-order valence-corrected chi connectivity index (χ3v) is 2.30. The van der Waals surface area contributed by atoms with E-state index < -0.39 is 0 Å². The number of hydrogen-bond acceptors (Lipinski definition) is 5. The molecular formula is C10H18O5. The van der Waals surface area contributed by atoms with Crippen LogP contribution in [-0.2, 0) is 23.7 Å². The highest BCUT2D eigenvalue weighted by atomic mass is 16.6. The standard InChI is InChI=1S/C10H18O5/c1-12-3-4-14-5-6-15-9-7-8(11)10(9)13-2/h9-10H,3-7H2,1-2H3. The minimum absolute atomic E-state index is 0.0893. The first-order valence-corrected chi connectivity index (χ1v) is 5.03. The third-order valence-electron chi connectivity index (χ3n) is 2.30. The van der Waals surface area contributed by atoms with Gasteiger partial charge in [0.05, 0.1) is 32.5 Å². The predicted molar refractivity (Wildman–Crippen MR) is 52.9 cm³/mol. The molecule has 0 aromatic rings. The van der Waals surface area contributed by atoms with E-state index >= 15 is 0 Å². The van der Waals surface area contributed by atoms with Crippen LogP contribution in [0.15, 0.2) is 0 Å². The highest BCUT2D eigenvalue weighted by molar-refractivity contribution is 5.90. The first-order chi connectivity index (χ1) is 7.29. The molecule has 2 unspecified atom stereocenters. The maximum atomic E-state index is 11.0. The molecule has 2 atom stereocenters. The Balaban J connectivity index is 1.94. The highest BCUT2D eigenvalue weighted by Gasteiger charge is 2.40. The van der Waals surface area contributed by atoms with Gasteiger partial charge in [-0.1, -0.05) is 0 Å². The number of ketones is 1. The topological polar surface area (TPSA) is 54.0 Å². The summed E-state index contributed by atoms with van der Waals surface area (Å²) in [5, 5.41) is 0. The largest absolute Gasteiger partial charge is 0.382 e. The van der Waals surface area contributed by atoms with Crippen molar-refractivity contribution in [2.75, 3.05) is 40.6 Å². The number of rotatable bonds is 8. The summed E-state index contributed by atoms with van der Waals surface area (Å²) in [6.45, 7) is 2.16. The second kappa shape index (κ2) is 6.90. The normalized spacial score (nSPS) is 25.3. The van der Waals surface area contributed by atoms with Crippen molar-refractivity contribution in [1.29, 1.82) is 0 Å². The van der Waals surface area contributed by atoms with Gasteiger partial charge in [0, 0.05) is 20.6 Å². The van der Waals surface area contributed by atoms with Gasteiger partial charge in [-0.05, 0) is 0 Å². The number of Topliss-reactive ketones (excluding diaryl/α,β-unsaturated/α-hetero) is 1. The molecule has 1 aliphatic rings. The number of hydrogen-bond donors (Lipinski definition) is 0. The predicted octanol–water partition coefficient (Wildman–Crippen LogP) is 0.0224. The molecule has 0 N–H and O–H groups in total. The number of carbonyl (C=O) groups excluding carboxylic acids is 1. The van der Waals surface area contributed by atoms with Crippen LogP contribution in [0.2, 0.25) is 0 Å². The van der Waals surface area contributed by atoms with Crippen molar-refractivity contribution in [3.05, 3.63) is 0 Å². The fourth-order valence-corrected chi connectivity index (χ4v) is 1.40. The number of carbonyl (C=O) groups is 1. The number of ether oxygens (including phenoxy) is 4. The van der Waals surface area contributed by atoms with Gasteiger partial charge in [-0.2, -0.15) is 0 Å². The van der Waals surface area contributed by atoms with Gasteiger partial charge >= 0.3 is 0 Å². The summed E-state index contributed by atoms with van der Waals surface area (Å²) in [5.41, 5.74) is 0. The van der Waals surface area contributed by atoms with Gasteiger partial charge in [0.2, 0.25) is 0 Å². The molecule has 1 saturated carbocycles. The Hall–Kier alpha value is -0.490. The summed E-state index contributed by atoms with van der Waals surface area (Å²) in [6, 6.07) is 0. The van der Waals surface area contributed by atoms with Crippen LogP contribution in [0.4, 0.5) is 0 Å². The van der Waals surface area contributed by atoms with Crippen molar-refractivity contribution in [3.63, 3.8) is 0 Å². The van der Waals surface area contributed by atoms with Crippen LogP contribution in [0.5, 0.6) is 0 Å². The molecule has 0 bridgehead atoms. The van der Waals surface area contributed by atoms with Crippen molar-refractivity contribution in [2.45, 2.75) is 18.6 Å². The molecule has 0 aliphatic heterocycles. The van der Waals surface area contributed by atoms with E-state index in [0.717, 1.165) is 0 Å². The van der Waals surface area contributed by atoms with E-state index in [2.05, 4.69) is 0 Å². The van der Waals surface area contributed by atoms with Crippen LogP contribution < -0.4 is 0 Å². The average Bonchev–Trinajstić information content (AvgIpc) is 2.22. The fraction of sp³-hybridized carbons (Fsp3) is 0.900. The molecule has 0 amide bonds. The number of methoxy groups -OCH3 is 2. The maximum absolute atomic E-state index is 11.0. The molecule has 0 heterocycles. The van der Waals surface area contributed by atoms with E-state index in [4.69, 9.17) is 18.9 Å². The lowest BCUT2D eigenvalue weighted by Crippen LogP contribution is -2.50. The monoisotopic (exact) mass is 218 g/mol. The second-order valence-electron chi connectivity index (χ2n) is 3.34. The van der Waals surface area contributed by atoms with Gasteiger partial charge in [0.15, 0.2) is 5.78 Å². The molecule has 5 heteroatoms. The first kappa shape index (κ1) is 12.6. The Kier molecular flexibility index (Phi) is 5.78. The minimum atomic E-state index is -0.371. The molecule has 0 aromatic carbocycles. The SMILES string of the molecule is COCCOCCOC1CC(=O)C1OC. The molecule has 0 saturated heterocycles. The van der Waals surface area contributed by atoms with Crippen molar-refractivity contribution in [3.8, 4) is 0 Å². The Morgan fingerprint density at radius 2 is 1.93 bits per heavy atom. The molecule has 1 rings (SSSR count). The summed E-state index contributed by atoms with van der Waals surface area (Å²) >= 11 is 0. The van der Waals surface area contributed by atoms with Crippen LogP contribution >= 0.6 is 0 Å². The zero-order valence-electron chi connectivity index (χ0n) is 9.23. The smallest absolute Gasteiger partial charge is 0.166 e. The van der Waals surface area contributed by atoms with Gasteiger partial charge in [-0.15, -0.1) is 0 Å². The van der Waals surface area contributed by atoms with Crippen molar-refractivity contribution in [2.24, 2.45) is 0 Å². The third kappa shape index (κ3) is 3.87. The average molecular weight is 218 g/mol. The molecule has 88 valence electrons. The molecule has 15 heavy (non-hydrogen) atoms. The first-order valence-electron chi connectivity index (χ1n) is 5.03. The molecule has 0 radical (unpaired) electrons. The zero-order valence-corrected chi connectivity index (χ0v) is 9.23. The Bertz CT molecular complexity index is 194. The summed E-state index contributed by atoms with van der Waals surface area (Å²) in [5.74, 6) is 0.114. The summed E-state index contributed by atoms with van der Waals surface area (Å²) in [4.78, 5) is 11.0. The van der Waals surface area contributed by atoms with Crippen molar-refractivity contribution < 1.29 is 23.7 Å². The Morgan fingerprint density at radius 3 is 2.53 bits per heavy atom. The fourth-order valence-electron chi connectivity index (χ4n) is 1.40. The lowest BCUT2D eigenvalue weighted by atomic mass is 9.90. The van der Waals surface area contributed by atoms with Gasteiger partial charge in [0.25, 0.3) is 0 Å². The van der Waals surface area contributed by atoms with E-state index in [9.17, 15) is 4.79 Å². The molecule has 0 aromatic heterocycles.